The minimum absolute atomic E-state index is 0.957. The number of hydrogen-bond acceptors (Lipinski definition) is 3. The van der Waals surface area contributed by atoms with E-state index in [0.717, 1.165) is 11.2 Å². The zero-order chi connectivity index (χ0) is 17.0. The van der Waals surface area contributed by atoms with E-state index in [1.165, 1.54) is 41.4 Å². The summed E-state index contributed by atoms with van der Waals surface area (Å²) in [6.45, 7) is 4.28. The van der Waals surface area contributed by atoms with Gasteiger partial charge in [-0.05, 0) is 73.5 Å². The Balaban J connectivity index is 1.66. The van der Waals surface area contributed by atoms with Crippen LogP contribution >= 0.6 is 22.7 Å². The average molecular weight is 361 g/mol. The van der Waals surface area contributed by atoms with Crippen LogP contribution in [0.3, 0.4) is 0 Å². The first-order valence-corrected chi connectivity index (χ1v) is 9.91. The van der Waals surface area contributed by atoms with Crippen LogP contribution in [0.4, 0.5) is 0 Å². The molecule has 3 heterocycles. The van der Waals surface area contributed by atoms with Gasteiger partial charge in [-0.2, -0.15) is 0 Å². The quantitative estimate of drug-likeness (QED) is 0.315. The molecule has 0 amide bonds. The second-order valence-corrected chi connectivity index (χ2v) is 8.92. The van der Waals surface area contributed by atoms with Crippen LogP contribution in [-0.4, -0.2) is 0 Å². The molecule has 5 rings (SSSR count). The first-order valence-electron chi connectivity index (χ1n) is 8.27. The van der Waals surface area contributed by atoms with Gasteiger partial charge in [-0.3, -0.25) is 0 Å². The monoisotopic (exact) mass is 360 g/mol. The van der Waals surface area contributed by atoms with Crippen LogP contribution in [0, 0.1) is 13.8 Å². The van der Waals surface area contributed by atoms with E-state index in [-0.39, 0.29) is 0 Å². The molecule has 5 aromatic rings. The van der Waals surface area contributed by atoms with Crippen molar-refractivity contribution in [1.29, 1.82) is 0 Å². The molecule has 0 saturated heterocycles. The fourth-order valence-corrected chi connectivity index (χ4v) is 4.99. The van der Waals surface area contributed by atoms with Gasteiger partial charge < -0.3 is 4.42 Å². The molecule has 1 nitrogen and oxygen atoms in total. The molecule has 0 fully saturated rings. The fourth-order valence-electron chi connectivity index (χ4n) is 3.26. The topological polar surface area (TPSA) is 13.1 Å². The highest BCUT2D eigenvalue weighted by molar-refractivity contribution is 7.15. The molecule has 25 heavy (non-hydrogen) atoms. The standard InChI is InChI=1S/C22H16OS2/c1-13-3-9-21(24-13)15-5-7-17-18-8-6-16(22-10-4-14(2)25-22)12-20(18)23-19(17)11-15/h3-12H,1-2H3. The molecule has 3 aromatic heterocycles. The molecule has 0 radical (unpaired) electrons. The van der Waals surface area contributed by atoms with Gasteiger partial charge in [0.1, 0.15) is 11.2 Å². The van der Waals surface area contributed by atoms with Crippen molar-refractivity contribution in [3.05, 3.63) is 70.4 Å². The summed E-state index contributed by atoms with van der Waals surface area (Å²) in [5, 5.41) is 2.36. The van der Waals surface area contributed by atoms with Crippen LogP contribution in [0.15, 0.2) is 65.1 Å². The summed E-state index contributed by atoms with van der Waals surface area (Å²) < 4.78 is 6.20. The number of furan rings is 1. The van der Waals surface area contributed by atoms with Gasteiger partial charge in [-0.15, -0.1) is 22.7 Å². The Hall–Kier alpha value is -2.36. The van der Waals surface area contributed by atoms with E-state index < -0.39 is 0 Å². The smallest absolute Gasteiger partial charge is 0.136 e. The minimum atomic E-state index is 0.957. The zero-order valence-corrected chi connectivity index (χ0v) is 15.6. The lowest BCUT2D eigenvalue weighted by atomic mass is 10.1. The molecule has 0 unspecified atom stereocenters. The largest absolute Gasteiger partial charge is 0.456 e. The van der Waals surface area contributed by atoms with Gasteiger partial charge in [0.15, 0.2) is 0 Å². The van der Waals surface area contributed by atoms with Gasteiger partial charge in [-0.25, -0.2) is 0 Å². The first-order chi connectivity index (χ1) is 12.2. The molecule has 3 heteroatoms. The van der Waals surface area contributed by atoms with E-state index in [1.807, 2.05) is 22.7 Å². The van der Waals surface area contributed by atoms with Crippen molar-refractivity contribution in [2.24, 2.45) is 0 Å². The highest BCUT2D eigenvalue weighted by Gasteiger charge is 2.11. The van der Waals surface area contributed by atoms with Gasteiger partial charge in [0, 0.05) is 30.3 Å². The van der Waals surface area contributed by atoms with Crippen molar-refractivity contribution in [1.82, 2.24) is 0 Å². The zero-order valence-electron chi connectivity index (χ0n) is 14.0. The Morgan fingerprint density at radius 2 is 1.08 bits per heavy atom. The van der Waals surface area contributed by atoms with Crippen molar-refractivity contribution in [3.63, 3.8) is 0 Å². The third-order valence-electron chi connectivity index (χ3n) is 4.52. The lowest BCUT2D eigenvalue weighted by Gasteiger charge is -1.97. The maximum Gasteiger partial charge on any atom is 0.136 e. The lowest BCUT2D eigenvalue weighted by molar-refractivity contribution is 0.669. The van der Waals surface area contributed by atoms with Crippen molar-refractivity contribution < 1.29 is 4.42 Å². The summed E-state index contributed by atoms with van der Waals surface area (Å²) >= 11 is 3.64. The number of benzene rings is 2. The van der Waals surface area contributed by atoms with Crippen LogP contribution in [0.1, 0.15) is 9.75 Å². The molecule has 0 N–H and O–H groups in total. The van der Waals surface area contributed by atoms with E-state index in [0.29, 0.717) is 0 Å². The molecule has 0 aliphatic heterocycles. The van der Waals surface area contributed by atoms with Crippen molar-refractivity contribution >= 4 is 44.6 Å². The van der Waals surface area contributed by atoms with Crippen LogP contribution in [0.25, 0.3) is 42.8 Å². The van der Waals surface area contributed by atoms with E-state index in [1.54, 1.807) is 0 Å². The number of hydrogen-bond donors (Lipinski definition) is 0. The van der Waals surface area contributed by atoms with Gasteiger partial charge in [0.2, 0.25) is 0 Å². The lowest BCUT2D eigenvalue weighted by Crippen LogP contribution is -1.73. The van der Waals surface area contributed by atoms with Crippen LogP contribution in [0.2, 0.25) is 0 Å². The number of aryl methyl sites for hydroxylation is 2. The summed E-state index contributed by atoms with van der Waals surface area (Å²) in [6.07, 6.45) is 0. The normalized spacial score (nSPS) is 11.6. The maximum atomic E-state index is 6.20. The summed E-state index contributed by atoms with van der Waals surface area (Å²) in [5.74, 6) is 0. The summed E-state index contributed by atoms with van der Waals surface area (Å²) in [5.41, 5.74) is 4.36. The van der Waals surface area contributed by atoms with Gasteiger partial charge in [0.05, 0.1) is 0 Å². The van der Waals surface area contributed by atoms with Crippen molar-refractivity contribution in [2.45, 2.75) is 13.8 Å². The van der Waals surface area contributed by atoms with Crippen LogP contribution in [-0.2, 0) is 0 Å². The number of rotatable bonds is 2. The van der Waals surface area contributed by atoms with E-state index in [9.17, 15) is 0 Å². The Kier molecular flexibility index (Phi) is 3.34. The SMILES string of the molecule is Cc1ccc(-c2ccc3c(c2)oc2cc(-c4ccc(C)s4)ccc23)s1. The van der Waals surface area contributed by atoms with Crippen molar-refractivity contribution in [2.75, 3.05) is 0 Å². The molecule has 0 aliphatic carbocycles. The second-order valence-electron chi connectivity index (χ2n) is 6.34. The number of thiophene rings is 2. The third-order valence-corrected chi connectivity index (χ3v) is 6.62. The molecule has 0 atom stereocenters. The summed E-state index contributed by atoms with van der Waals surface area (Å²) in [7, 11) is 0. The molecule has 0 aliphatic rings. The predicted octanol–water partition coefficient (Wildman–Crippen LogP) is 7.66. The summed E-state index contributed by atoms with van der Waals surface area (Å²) in [4.78, 5) is 5.23. The van der Waals surface area contributed by atoms with Crippen LogP contribution < -0.4 is 0 Å². The Morgan fingerprint density at radius 3 is 1.48 bits per heavy atom. The average Bonchev–Trinajstić information content (AvgIpc) is 3.31. The van der Waals surface area contributed by atoms with Gasteiger partial charge >= 0.3 is 0 Å². The van der Waals surface area contributed by atoms with Gasteiger partial charge in [-0.1, -0.05) is 12.1 Å². The first kappa shape index (κ1) is 14.9. The molecular formula is C22H16OS2. The molecule has 122 valence electrons. The van der Waals surface area contributed by atoms with E-state index >= 15 is 0 Å². The van der Waals surface area contributed by atoms with E-state index in [2.05, 4.69) is 74.5 Å². The fraction of sp³-hybridized carbons (Fsp3) is 0.0909. The molecule has 0 bridgehead atoms. The second kappa shape index (κ2) is 5.58. The molecule has 0 saturated carbocycles. The molecular weight excluding hydrogens is 344 g/mol. The Bertz CT molecular complexity index is 1130. The van der Waals surface area contributed by atoms with Crippen LogP contribution in [0.5, 0.6) is 0 Å². The summed E-state index contributed by atoms with van der Waals surface area (Å²) in [6, 6.07) is 21.8. The van der Waals surface area contributed by atoms with Crippen molar-refractivity contribution in [3.8, 4) is 20.9 Å². The third kappa shape index (κ3) is 2.51. The molecule has 0 spiro atoms. The van der Waals surface area contributed by atoms with Gasteiger partial charge in [0.25, 0.3) is 0 Å². The maximum absolute atomic E-state index is 6.20. The highest BCUT2D eigenvalue weighted by atomic mass is 32.1. The minimum Gasteiger partial charge on any atom is -0.456 e. The Labute approximate surface area is 154 Å². The highest BCUT2D eigenvalue weighted by Crippen LogP contribution is 2.37. The molecule has 2 aromatic carbocycles. The Morgan fingerprint density at radius 1 is 0.600 bits per heavy atom. The number of fused-ring (bicyclic) bond motifs is 3. The van der Waals surface area contributed by atoms with E-state index in [4.69, 9.17) is 4.42 Å². The predicted molar refractivity (Wildman–Crippen MR) is 110 cm³/mol.